The molecule has 6 nitrogen and oxygen atoms in total. The van der Waals surface area contributed by atoms with Crippen LogP contribution in [0.4, 0.5) is 0 Å². The lowest BCUT2D eigenvalue weighted by Crippen LogP contribution is -2.55. The summed E-state index contributed by atoms with van der Waals surface area (Å²) in [6.45, 7) is 1.74. The fraction of sp³-hybridized carbons (Fsp3) is 0.385. The van der Waals surface area contributed by atoms with E-state index in [9.17, 15) is 9.59 Å². The van der Waals surface area contributed by atoms with Gasteiger partial charge in [0, 0.05) is 30.2 Å². The molecule has 0 radical (unpaired) electrons. The van der Waals surface area contributed by atoms with Gasteiger partial charge in [-0.2, -0.15) is 0 Å². The summed E-state index contributed by atoms with van der Waals surface area (Å²) in [6, 6.07) is 15.8. The third-order valence-electron chi connectivity index (χ3n) is 6.96. The first-order chi connectivity index (χ1) is 15.6. The lowest BCUT2D eigenvalue weighted by atomic mass is 9.89. The van der Waals surface area contributed by atoms with Crippen LogP contribution >= 0.6 is 0 Å². The van der Waals surface area contributed by atoms with Crippen molar-refractivity contribution in [2.75, 3.05) is 13.1 Å². The van der Waals surface area contributed by atoms with Crippen molar-refractivity contribution in [3.05, 3.63) is 71.4 Å². The highest BCUT2D eigenvalue weighted by Gasteiger charge is 2.34. The predicted molar refractivity (Wildman–Crippen MR) is 126 cm³/mol. The summed E-state index contributed by atoms with van der Waals surface area (Å²) in [5.74, 6) is -0.127. The fourth-order valence-corrected chi connectivity index (χ4v) is 5.27. The quantitative estimate of drug-likeness (QED) is 0.582. The van der Waals surface area contributed by atoms with E-state index in [1.54, 1.807) is 0 Å². The van der Waals surface area contributed by atoms with Crippen molar-refractivity contribution < 1.29 is 9.59 Å². The molecule has 1 aliphatic carbocycles. The maximum absolute atomic E-state index is 13.4. The fourth-order valence-electron chi connectivity index (χ4n) is 5.27. The Kier molecular flexibility index (Phi) is 5.70. The Bertz CT molecular complexity index is 1120. The summed E-state index contributed by atoms with van der Waals surface area (Å²) in [5, 5.41) is 10.6. The highest BCUT2D eigenvalue weighted by molar-refractivity contribution is 6.08. The molecule has 0 saturated carbocycles. The second-order valence-electron chi connectivity index (χ2n) is 9.09. The number of nitrogens with one attached hydrogen (secondary N) is 3. The maximum Gasteiger partial charge on any atom is 0.254 e. The molecule has 3 aromatic rings. The standard InChI is InChI=1S/C26H30N4O2/c1-30-16-22(21-8-4-5-9-23(21)30)25(31)29-24(17-10-12-27-13-11-17)26(32)28-20-14-18-6-2-3-7-19(18)15-20/h2-9,16-17,20,24,27H,10-15H2,1H3,(H,28,32)(H,29,31). The molecule has 1 fully saturated rings. The molecular weight excluding hydrogens is 400 g/mol. The van der Waals surface area contributed by atoms with Gasteiger partial charge in [-0.15, -0.1) is 0 Å². The SMILES string of the molecule is Cn1cc(C(=O)NC(C(=O)NC2Cc3ccccc3C2)C2CCNCC2)c2ccccc21. The first kappa shape index (κ1) is 20.8. The van der Waals surface area contributed by atoms with Gasteiger partial charge < -0.3 is 20.5 Å². The Morgan fingerprint density at radius 3 is 2.38 bits per heavy atom. The summed E-state index contributed by atoms with van der Waals surface area (Å²) in [7, 11) is 1.94. The molecule has 1 saturated heterocycles. The van der Waals surface area contributed by atoms with E-state index in [-0.39, 0.29) is 23.8 Å². The van der Waals surface area contributed by atoms with Crippen LogP contribution in [0.5, 0.6) is 0 Å². The number of aryl methyl sites for hydroxylation is 1. The van der Waals surface area contributed by atoms with Gasteiger partial charge in [-0.05, 0) is 61.9 Å². The van der Waals surface area contributed by atoms with E-state index >= 15 is 0 Å². The van der Waals surface area contributed by atoms with Crippen molar-refractivity contribution in [2.45, 2.75) is 37.8 Å². The number of para-hydroxylation sites is 1. The molecule has 0 spiro atoms. The van der Waals surface area contributed by atoms with E-state index in [4.69, 9.17) is 0 Å². The highest BCUT2D eigenvalue weighted by Crippen LogP contribution is 2.24. The lowest BCUT2D eigenvalue weighted by molar-refractivity contribution is -0.125. The van der Waals surface area contributed by atoms with Crippen LogP contribution in [0.1, 0.15) is 34.3 Å². The third kappa shape index (κ3) is 4.02. The van der Waals surface area contributed by atoms with Crippen molar-refractivity contribution in [1.29, 1.82) is 0 Å². The van der Waals surface area contributed by atoms with Crippen molar-refractivity contribution in [1.82, 2.24) is 20.5 Å². The first-order valence-corrected chi connectivity index (χ1v) is 11.5. The monoisotopic (exact) mass is 430 g/mol. The van der Waals surface area contributed by atoms with Crippen molar-refractivity contribution in [2.24, 2.45) is 13.0 Å². The molecule has 6 heteroatoms. The zero-order valence-corrected chi connectivity index (χ0v) is 18.4. The van der Waals surface area contributed by atoms with Gasteiger partial charge >= 0.3 is 0 Å². The summed E-state index contributed by atoms with van der Waals surface area (Å²) in [5.41, 5.74) is 4.22. The van der Waals surface area contributed by atoms with E-state index in [0.29, 0.717) is 5.56 Å². The van der Waals surface area contributed by atoms with Gasteiger partial charge in [0.2, 0.25) is 5.91 Å². The van der Waals surface area contributed by atoms with E-state index < -0.39 is 6.04 Å². The number of amides is 2. The van der Waals surface area contributed by atoms with Crippen LogP contribution in [0.15, 0.2) is 54.7 Å². The minimum atomic E-state index is -0.535. The number of rotatable bonds is 5. The number of hydrogen-bond donors (Lipinski definition) is 3. The van der Waals surface area contributed by atoms with Crippen molar-refractivity contribution in [3.8, 4) is 0 Å². The summed E-state index contributed by atoms with van der Waals surface area (Å²) < 4.78 is 1.96. The van der Waals surface area contributed by atoms with Crippen LogP contribution in [-0.2, 0) is 24.7 Å². The normalized spacial score (nSPS) is 17.8. The van der Waals surface area contributed by atoms with Crippen molar-refractivity contribution in [3.63, 3.8) is 0 Å². The van der Waals surface area contributed by atoms with Crippen LogP contribution in [-0.4, -0.2) is 41.6 Å². The first-order valence-electron chi connectivity index (χ1n) is 11.5. The van der Waals surface area contributed by atoms with Gasteiger partial charge in [0.15, 0.2) is 0 Å². The molecule has 166 valence electrons. The number of benzene rings is 2. The minimum Gasteiger partial charge on any atom is -0.351 e. The number of nitrogens with zero attached hydrogens (tertiary/aromatic N) is 1. The van der Waals surface area contributed by atoms with Gasteiger partial charge in [0.05, 0.1) is 5.56 Å². The van der Waals surface area contributed by atoms with Crippen LogP contribution in [0.3, 0.4) is 0 Å². The van der Waals surface area contributed by atoms with E-state index in [1.807, 2.05) is 54.2 Å². The van der Waals surface area contributed by atoms with Gasteiger partial charge in [0.25, 0.3) is 5.91 Å². The molecule has 5 rings (SSSR count). The Balaban J connectivity index is 1.35. The third-order valence-corrected chi connectivity index (χ3v) is 6.96. The summed E-state index contributed by atoms with van der Waals surface area (Å²) in [6.07, 6.45) is 5.29. The van der Waals surface area contributed by atoms with Gasteiger partial charge in [-0.1, -0.05) is 42.5 Å². The van der Waals surface area contributed by atoms with Crippen LogP contribution in [0.25, 0.3) is 10.9 Å². The highest BCUT2D eigenvalue weighted by atomic mass is 16.2. The van der Waals surface area contributed by atoms with Gasteiger partial charge in [-0.25, -0.2) is 0 Å². The van der Waals surface area contributed by atoms with Crippen LogP contribution in [0, 0.1) is 5.92 Å². The van der Waals surface area contributed by atoms with Gasteiger partial charge in [0.1, 0.15) is 6.04 Å². The second kappa shape index (κ2) is 8.79. The number of carbonyl (C=O) groups is 2. The van der Waals surface area contributed by atoms with E-state index in [0.717, 1.165) is 49.7 Å². The Hall–Kier alpha value is -3.12. The molecule has 2 amide bonds. The number of carbonyl (C=O) groups excluding carboxylic acids is 2. The average Bonchev–Trinajstić information content (AvgIpc) is 3.38. The molecule has 1 atom stereocenters. The number of piperidine rings is 1. The molecule has 2 heterocycles. The van der Waals surface area contributed by atoms with Crippen LogP contribution in [0.2, 0.25) is 0 Å². The smallest absolute Gasteiger partial charge is 0.254 e. The number of hydrogen-bond acceptors (Lipinski definition) is 3. The van der Waals surface area contributed by atoms with Gasteiger partial charge in [-0.3, -0.25) is 9.59 Å². The Morgan fingerprint density at radius 2 is 1.66 bits per heavy atom. The minimum absolute atomic E-state index is 0.0664. The summed E-state index contributed by atoms with van der Waals surface area (Å²) >= 11 is 0. The number of fused-ring (bicyclic) bond motifs is 2. The predicted octanol–water partition coefficient (Wildman–Crippen LogP) is 2.56. The van der Waals surface area contributed by atoms with Crippen molar-refractivity contribution >= 4 is 22.7 Å². The molecular formula is C26H30N4O2. The molecule has 0 bridgehead atoms. The summed E-state index contributed by atoms with van der Waals surface area (Å²) in [4.78, 5) is 26.8. The number of aromatic nitrogens is 1. The lowest BCUT2D eigenvalue weighted by Gasteiger charge is -2.31. The van der Waals surface area contributed by atoms with E-state index in [2.05, 4.69) is 28.1 Å². The van der Waals surface area contributed by atoms with E-state index in [1.165, 1.54) is 11.1 Å². The average molecular weight is 431 g/mol. The van der Waals surface area contributed by atoms with Crippen LogP contribution < -0.4 is 16.0 Å². The second-order valence-corrected chi connectivity index (χ2v) is 9.09. The Morgan fingerprint density at radius 1 is 1.00 bits per heavy atom. The topological polar surface area (TPSA) is 75.2 Å². The molecule has 1 unspecified atom stereocenters. The molecule has 1 aliphatic heterocycles. The Labute approximate surface area is 188 Å². The molecule has 3 N–H and O–H groups in total. The molecule has 2 aliphatic rings. The molecule has 2 aromatic carbocycles. The molecule has 1 aromatic heterocycles. The largest absolute Gasteiger partial charge is 0.351 e. The zero-order chi connectivity index (χ0) is 22.1. The maximum atomic E-state index is 13.4. The molecule has 32 heavy (non-hydrogen) atoms. The zero-order valence-electron chi connectivity index (χ0n) is 18.4.